The zero-order valence-electron chi connectivity index (χ0n) is 18.9. The van der Waals surface area contributed by atoms with Crippen molar-refractivity contribution in [3.05, 3.63) is 35.9 Å². The Hall–Kier alpha value is -2.37. The van der Waals surface area contributed by atoms with Crippen LogP contribution >= 0.6 is 0 Å². The van der Waals surface area contributed by atoms with E-state index in [4.69, 9.17) is 9.47 Å². The molecule has 1 aromatic rings. The van der Waals surface area contributed by atoms with E-state index >= 15 is 0 Å². The van der Waals surface area contributed by atoms with Crippen LogP contribution in [0.3, 0.4) is 0 Å². The second-order valence-corrected chi connectivity index (χ2v) is 9.87. The number of ketones is 1. The van der Waals surface area contributed by atoms with Crippen LogP contribution in [-0.2, 0) is 24.5 Å². The van der Waals surface area contributed by atoms with E-state index in [1.54, 1.807) is 6.92 Å². The Morgan fingerprint density at radius 1 is 1.16 bits per heavy atom. The number of amides is 1. The molecule has 6 heteroatoms. The minimum absolute atomic E-state index is 0.135. The smallest absolute Gasteiger partial charge is 0.411 e. The number of benzene rings is 1. The van der Waals surface area contributed by atoms with Gasteiger partial charge in [-0.05, 0) is 43.1 Å². The first-order valence-corrected chi connectivity index (χ1v) is 11.5. The van der Waals surface area contributed by atoms with Gasteiger partial charge in [-0.3, -0.25) is 9.69 Å². The third-order valence-corrected chi connectivity index (χ3v) is 7.71. The fraction of sp³-hybridized carbons (Fsp3) is 0.640. The fourth-order valence-electron chi connectivity index (χ4n) is 5.87. The van der Waals surface area contributed by atoms with E-state index in [2.05, 4.69) is 32.9 Å². The van der Waals surface area contributed by atoms with Crippen molar-refractivity contribution in [1.82, 2.24) is 4.90 Å². The van der Waals surface area contributed by atoms with Crippen LogP contribution < -0.4 is 0 Å². The van der Waals surface area contributed by atoms with Crippen molar-refractivity contribution >= 4 is 17.8 Å². The molecule has 0 bridgehead atoms. The normalized spacial score (nSPS) is 32.4. The number of esters is 1. The summed E-state index contributed by atoms with van der Waals surface area (Å²) in [6, 6.07) is 9.89. The summed E-state index contributed by atoms with van der Waals surface area (Å²) in [6.07, 6.45) is 2.70. The standard InChI is InChI=1S/C25H33NO5/c1-5-30-23(29)26-20-13-14-21(27)25(20,26)22(28)31-19-15-16(2)11-12-18(19)24(3,4)17-9-7-6-8-10-17/h6-10,16,18-20H,5,11-15H2,1-4H3/t16-,18-,19-,20+,25+,26?/m1/s1. The van der Waals surface area contributed by atoms with E-state index in [-0.39, 0.29) is 29.8 Å². The number of Topliss-reactive ketones (excluding diaryl/α,β-unsaturated/α-hetero) is 1. The highest BCUT2D eigenvalue weighted by molar-refractivity contribution is 6.18. The van der Waals surface area contributed by atoms with E-state index in [1.165, 1.54) is 10.5 Å². The molecule has 1 heterocycles. The average Bonchev–Trinajstić information content (AvgIpc) is 3.32. The third kappa shape index (κ3) is 3.44. The molecule has 168 valence electrons. The summed E-state index contributed by atoms with van der Waals surface area (Å²) in [5, 5.41) is 0. The molecule has 5 atom stereocenters. The van der Waals surface area contributed by atoms with E-state index in [0.29, 0.717) is 18.8 Å². The molecule has 31 heavy (non-hydrogen) atoms. The number of likely N-dealkylation sites (tertiary alicyclic amines) is 1. The molecule has 0 unspecified atom stereocenters. The summed E-state index contributed by atoms with van der Waals surface area (Å²) in [5.41, 5.74) is -0.440. The van der Waals surface area contributed by atoms with Gasteiger partial charge in [0.05, 0.1) is 12.6 Å². The van der Waals surface area contributed by atoms with Gasteiger partial charge in [-0.15, -0.1) is 0 Å². The first-order valence-electron chi connectivity index (χ1n) is 11.5. The Morgan fingerprint density at radius 3 is 2.55 bits per heavy atom. The fourth-order valence-corrected chi connectivity index (χ4v) is 5.87. The molecule has 0 aromatic heterocycles. The minimum Gasteiger partial charge on any atom is -0.460 e. The zero-order valence-corrected chi connectivity index (χ0v) is 18.9. The molecule has 1 aliphatic heterocycles. The van der Waals surface area contributed by atoms with Crippen LogP contribution in [-0.4, -0.2) is 47.0 Å². The Labute approximate surface area is 184 Å². The van der Waals surface area contributed by atoms with Gasteiger partial charge < -0.3 is 9.47 Å². The van der Waals surface area contributed by atoms with Gasteiger partial charge in [-0.2, -0.15) is 0 Å². The summed E-state index contributed by atoms with van der Waals surface area (Å²) in [7, 11) is 0. The van der Waals surface area contributed by atoms with Crippen LogP contribution in [0.2, 0.25) is 0 Å². The van der Waals surface area contributed by atoms with Crippen molar-refractivity contribution in [3.63, 3.8) is 0 Å². The maximum atomic E-state index is 13.4. The molecule has 1 aromatic carbocycles. The number of hydrogen-bond donors (Lipinski definition) is 0. The molecular weight excluding hydrogens is 394 g/mol. The first kappa shape index (κ1) is 21.8. The number of hydrogen-bond acceptors (Lipinski definition) is 5. The molecule has 6 nitrogen and oxygen atoms in total. The van der Waals surface area contributed by atoms with Crippen LogP contribution in [0.5, 0.6) is 0 Å². The number of ether oxygens (including phenoxy) is 2. The molecule has 0 N–H and O–H groups in total. The number of nitrogens with zero attached hydrogens (tertiary/aromatic N) is 1. The Bertz CT molecular complexity index is 866. The number of carbonyl (C=O) groups excluding carboxylic acids is 3. The van der Waals surface area contributed by atoms with Crippen molar-refractivity contribution < 1.29 is 23.9 Å². The van der Waals surface area contributed by atoms with Crippen LogP contribution in [0.1, 0.15) is 65.4 Å². The van der Waals surface area contributed by atoms with Crippen LogP contribution in [0.15, 0.2) is 30.3 Å². The Kier molecular flexibility index (Phi) is 5.61. The lowest BCUT2D eigenvalue weighted by Crippen LogP contribution is -2.47. The monoisotopic (exact) mass is 427 g/mol. The van der Waals surface area contributed by atoms with Gasteiger partial charge in [-0.25, -0.2) is 9.59 Å². The highest BCUT2D eigenvalue weighted by Gasteiger charge is 2.79. The van der Waals surface area contributed by atoms with Gasteiger partial charge in [-0.1, -0.05) is 57.5 Å². The van der Waals surface area contributed by atoms with Crippen molar-refractivity contribution in [2.24, 2.45) is 11.8 Å². The highest BCUT2D eigenvalue weighted by Crippen LogP contribution is 2.53. The molecule has 2 aliphatic carbocycles. The van der Waals surface area contributed by atoms with E-state index in [9.17, 15) is 14.4 Å². The zero-order chi connectivity index (χ0) is 22.4. The predicted molar refractivity (Wildman–Crippen MR) is 115 cm³/mol. The predicted octanol–water partition coefficient (Wildman–Crippen LogP) is 4.25. The summed E-state index contributed by atoms with van der Waals surface area (Å²) < 4.78 is 11.2. The Balaban J connectivity index is 1.58. The van der Waals surface area contributed by atoms with Crippen LogP contribution in [0.4, 0.5) is 4.79 Å². The lowest BCUT2D eigenvalue weighted by atomic mass is 9.64. The summed E-state index contributed by atoms with van der Waals surface area (Å²) in [6.45, 7) is 8.50. The van der Waals surface area contributed by atoms with E-state index < -0.39 is 23.6 Å². The highest BCUT2D eigenvalue weighted by atomic mass is 16.6. The summed E-state index contributed by atoms with van der Waals surface area (Å²) in [5.74, 6) is -0.218. The molecule has 2 saturated carbocycles. The lowest BCUT2D eigenvalue weighted by Gasteiger charge is -2.44. The Morgan fingerprint density at radius 2 is 1.87 bits per heavy atom. The molecule has 1 amide bonds. The van der Waals surface area contributed by atoms with Crippen molar-refractivity contribution in [2.75, 3.05) is 6.61 Å². The van der Waals surface area contributed by atoms with Gasteiger partial charge >= 0.3 is 12.1 Å². The lowest BCUT2D eigenvalue weighted by molar-refractivity contribution is -0.162. The van der Waals surface area contributed by atoms with Crippen molar-refractivity contribution in [2.45, 2.75) is 82.9 Å². The van der Waals surface area contributed by atoms with Crippen molar-refractivity contribution in [3.8, 4) is 0 Å². The van der Waals surface area contributed by atoms with E-state index in [1.807, 2.05) is 18.2 Å². The second kappa shape index (κ2) is 7.95. The van der Waals surface area contributed by atoms with Gasteiger partial charge in [0.2, 0.25) is 5.54 Å². The molecule has 0 spiro atoms. The SMILES string of the molecule is CCOC(=O)N1[C@H]2CCC(=O)[C@]21C(=O)O[C@@H]1C[C@H](C)CC[C@H]1C(C)(C)c1ccccc1. The summed E-state index contributed by atoms with van der Waals surface area (Å²) >= 11 is 0. The number of piperidine rings is 1. The van der Waals surface area contributed by atoms with Gasteiger partial charge in [0, 0.05) is 12.3 Å². The average molecular weight is 428 g/mol. The second-order valence-electron chi connectivity index (χ2n) is 9.87. The van der Waals surface area contributed by atoms with Crippen LogP contribution in [0.25, 0.3) is 0 Å². The molecule has 3 fully saturated rings. The maximum absolute atomic E-state index is 13.4. The largest absolute Gasteiger partial charge is 0.460 e. The molecule has 4 rings (SSSR count). The van der Waals surface area contributed by atoms with E-state index in [0.717, 1.165) is 19.3 Å². The molecule has 0 radical (unpaired) electrons. The molecular formula is C25H33NO5. The maximum Gasteiger partial charge on any atom is 0.411 e. The van der Waals surface area contributed by atoms with Crippen molar-refractivity contribution in [1.29, 1.82) is 0 Å². The number of carbonyl (C=O) groups is 3. The summed E-state index contributed by atoms with van der Waals surface area (Å²) in [4.78, 5) is 39.9. The van der Waals surface area contributed by atoms with Gasteiger partial charge in [0.15, 0.2) is 5.78 Å². The van der Waals surface area contributed by atoms with Gasteiger partial charge in [0.25, 0.3) is 0 Å². The number of rotatable bonds is 5. The minimum atomic E-state index is -1.46. The van der Waals surface area contributed by atoms with Crippen LogP contribution in [0, 0.1) is 11.8 Å². The first-order chi connectivity index (χ1) is 14.7. The topological polar surface area (TPSA) is 72.7 Å². The third-order valence-electron chi connectivity index (χ3n) is 7.71. The number of fused-ring (bicyclic) bond motifs is 1. The molecule has 1 saturated heterocycles. The quantitative estimate of drug-likeness (QED) is 0.399. The molecule has 3 aliphatic rings. The van der Waals surface area contributed by atoms with Gasteiger partial charge in [0.1, 0.15) is 6.10 Å².